The number of amides is 3. The van der Waals surface area contributed by atoms with Crippen LogP contribution in [0.2, 0.25) is 0 Å². The van der Waals surface area contributed by atoms with E-state index < -0.39 is 30.1 Å². The van der Waals surface area contributed by atoms with Gasteiger partial charge in [0, 0.05) is 18.7 Å². The second-order valence-corrected chi connectivity index (χ2v) is 9.72. The number of carbonyl (C=O) groups is 3. The van der Waals surface area contributed by atoms with Crippen molar-refractivity contribution < 1.29 is 29.0 Å². The lowest BCUT2D eigenvalue weighted by molar-refractivity contribution is -0.143. The summed E-state index contributed by atoms with van der Waals surface area (Å²) in [6.45, 7) is 6.03. The lowest BCUT2D eigenvalue weighted by Gasteiger charge is -2.28. The quantitative estimate of drug-likeness (QED) is 0.451. The molecule has 3 amide bonds. The summed E-state index contributed by atoms with van der Waals surface area (Å²) >= 11 is 0. The molecule has 0 saturated heterocycles. The minimum absolute atomic E-state index is 0.184. The molecule has 1 aliphatic rings. The zero-order valence-corrected chi connectivity index (χ0v) is 21.0. The van der Waals surface area contributed by atoms with E-state index >= 15 is 0 Å². The lowest BCUT2D eigenvalue weighted by atomic mass is 10.1. The van der Waals surface area contributed by atoms with Gasteiger partial charge in [0.1, 0.15) is 18.2 Å². The number of hydrogen-bond donors (Lipinski definition) is 3. The largest absolute Gasteiger partial charge is 0.445 e. The van der Waals surface area contributed by atoms with E-state index in [0.29, 0.717) is 31.4 Å². The van der Waals surface area contributed by atoms with Gasteiger partial charge in [0.2, 0.25) is 5.91 Å². The van der Waals surface area contributed by atoms with Crippen LogP contribution in [-0.4, -0.2) is 46.3 Å². The van der Waals surface area contributed by atoms with Crippen LogP contribution in [0.25, 0.3) is 0 Å². The van der Waals surface area contributed by atoms with E-state index in [0.717, 1.165) is 11.1 Å². The van der Waals surface area contributed by atoms with E-state index in [9.17, 15) is 19.5 Å². The van der Waals surface area contributed by atoms with Crippen molar-refractivity contribution in [2.24, 2.45) is 0 Å². The highest BCUT2D eigenvalue weighted by molar-refractivity contribution is 5.86. The average Bonchev–Trinajstić information content (AvgIpc) is 3.17. The van der Waals surface area contributed by atoms with E-state index in [1.807, 2.05) is 48.5 Å². The van der Waals surface area contributed by atoms with E-state index in [-0.39, 0.29) is 19.1 Å². The van der Waals surface area contributed by atoms with Crippen molar-refractivity contribution in [2.45, 2.75) is 71.1 Å². The number of fused-ring (bicyclic) bond motifs is 1. The third-order valence-electron chi connectivity index (χ3n) is 5.64. The van der Waals surface area contributed by atoms with Gasteiger partial charge in [0.25, 0.3) is 0 Å². The Bertz CT molecular complexity index is 1040. The number of benzene rings is 2. The fraction of sp³-hybridized carbons (Fsp3) is 0.444. The number of aliphatic hydroxyl groups is 1. The normalized spacial score (nSPS) is 15.6. The first-order chi connectivity index (χ1) is 17.1. The Labute approximate surface area is 211 Å². The van der Waals surface area contributed by atoms with E-state index in [1.165, 1.54) is 4.90 Å². The molecular formula is C27H35N3O6. The summed E-state index contributed by atoms with van der Waals surface area (Å²) < 4.78 is 10.5. The van der Waals surface area contributed by atoms with Gasteiger partial charge in [0.05, 0.1) is 0 Å². The molecule has 0 radical (unpaired) electrons. The van der Waals surface area contributed by atoms with Gasteiger partial charge in [-0.3, -0.25) is 4.79 Å². The Kier molecular flexibility index (Phi) is 9.30. The molecule has 9 heteroatoms. The third-order valence-corrected chi connectivity index (χ3v) is 5.64. The van der Waals surface area contributed by atoms with E-state index in [4.69, 9.17) is 9.47 Å². The van der Waals surface area contributed by atoms with Crippen molar-refractivity contribution in [3.05, 3.63) is 71.3 Å². The van der Waals surface area contributed by atoms with Crippen LogP contribution in [-0.2, 0) is 27.4 Å². The standard InChI is InChI=1S/C27H35N3O6/c1-27(2,3)36-26(34)29-22(24(32)30-17-20-13-7-8-14-21(20)23(30)31)15-9-10-16-28-25(33)35-18-19-11-5-4-6-12-19/h4-8,11-14,22-23,31H,9-10,15-18H2,1-3H3,(H,28,33)(H,29,34)/t22-,23?/m0/s1. The second-order valence-electron chi connectivity index (χ2n) is 9.72. The predicted molar refractivity (Wildman–Crippen MR) is 134 cm³/mol. The maximum Gasteiger partial charge on any atom is 0.408 e. The molecule has 0 saturated carbocycles. The predicted octanol–water partition coefficient (Wildman–Crippen LogP) is 4.01. The minimum atomic E-state index is -1.07. The molecule has 0 aliphatic carbocycles. The molecular weight excluding hydrogens is 462 g/mol. The van der Waals surface area contributed by atoms with Gasteiger partial charge < -0.3 is 30.1 Å². The van der Waals surface area contributed by atoms with Crippen LogP contribution in [0.5, 0.6) is 0 Å². The molecule has 0 fully saturated rings. The summed E-state index contributed by atoms with van der Waals surface area (Å²) in [5.74, 6) is -0.389. The van der Waals surface area contributed by atoms with Crippen molar-refractivity contribution >= 4 is 18.1 Å². The van der Waals surface area contributed by atoms with Crippen molar-refractivity contribution in [3.63, 3.8) is 0 Å². The molecule has 0 aromatic heterocycles. The number of carbonyl (C=O) groups excluding carboxylic acids is 3. The van der Waals surface area contributed by atoms with E-state index in [1.54, 1.807) is 26.8 Å². The molecule has 0 bridgehead atoms. The molecule has 2 aromatic rings. The molecule has 1 aliphatic heterocycles. The van der Waals surface area contributed by atoms with Crippen LogP contribution in [0.1, 0.15) is 63.0 Å². The average molecular weight is 498 g/mol. The maximum atomic E-state index is 13.3. The first-order valence-corrected chi connectivity index (χ1v) is 12.1. The molecule has 2 aromatic carbocycles. The van der Waals surface area contributed by atoms with Crippen LogP contribution < -0.4 is 10.6 Å². The number of rotatable bonds is 9. The van der Waals surface area contributed by atoms with Gasteiger partial charge in [-0.05, 0) is 51.2 Å². The summed E-state index contributed by atoms with van der Waals surface area (Å²) in [5.41, 5.74) is 1.73. The van der Waals surface area contributed by atoms with Crippen LogP contribution in [0.3, 0.4) is 0 Å². The molecule has 9 nitrogen and oxygen atoms in total. The Balaban J connectivity index is 1.50. The minimum Gasteiger partial charge on any atom is -0.445 e. The van der Waals surface area contributed by atoms with Gasteiger partial charge in [-0.15, -0.1) is 0 Å². The Morgan fingerprint density at radius 3 is 2.42 bits per heavy atom. The first kappa shape index (κ1) is 27.0. The van der Waals surface area contributed by atoms with Gasteiger partial charge in [-0.2, -0.15) is 0 Å². The first-order valence-electron chi connectivity index (χ1n) is 12.1. The Hall–Kier alpha value is -3.59. The number of nitrogens with one attached hydrogen (secondary N) is 2. The Morgan fingerprint density at radius 1 is 1.03 bits per heavy atom. The second kappa shape index (κ2) is 12.4. The molecule has 1 unspecified atom stereocenters. The van der Waals surface area contributed by atoms with Crippen molar-refractivity contribution in [3.8, 4) is 0 Å². The fourth-order valence-corrected chi connectivity index (χ4v) is 3.91. The zero-order chi connectivity index (χ0) is 26.1. The molecule has 1 heterocycles. The smallest absolute Gasteiger partial charge is 0.408 e. The van der Waals surface area contributed by atoms with Crippen molar-refractivity contribution in [1.29, 1.82) is 0 Å². The summed E-state index contributed by atoms with van der Waals surface area (Å²) in [6.07, 6.45) is -0.854. The number of aliphatic hydroxyl groups excluding tert-OH is 1. The molecule has 36 heavy (non-hydrogen) atoms. The Morgan fingerprint density at radius 2 is 1.72 bits per heavy atom. The monoisotopic (exact) mass is 497 g/mol. The summed E-state index contributed by atoms with van der Waals surface area (Å²) in [5, 5.41) is 16.0. The third kappa shape index (κ3) is 7.98. The molecule has 2 atom stereocenters. The van der Waals surface area contributed by atoms with Crippen LogP contribution in [0, 0.1) is 0 Å². The fourth-order valence-electron chi connectivity index (χ4n) is 3.91. The van der Waals surface area contributed by atoms with E-state index in [2.05, 4.69) is 10.6 Å². The number of alkyl carbamates (subject to hydrolysis) is 2. The van der Waals surface area contributed by atoms with Gasteiger partial charge in [0.15, 0.2) is 6.23 Å². The highest BCUT2D eigenvalue weighted by Crippen LogP contribution is 2.32. The number of nitrogens with zero attached hydrogens (tertiary/aromatic N) is 1. The van der Waals surface area contributed by atoms with Gasteiger partial charge in [-0.25, -0.2) is 9.59 Å². The topological polar surface area (TPSA) is 117 Å². The highest BCUT2D eigenvalue weighted by atomic mass is 16.6. The SMILES string of the molecule is CC(C)(C)OC(=O)N[C@@H](CCCCNC(=O)OCc1ccccc1)C(=O)N1Cc2ccccc2C1O. The van der Waals surface area contributed by atoms with Crippen LogP contribution >= 0.6 is 0 Å². The summed E-state index contributed by atoms with van der Waals surface area (Å²) in [7, 11) is 0. The van der Waals surface area contributed by atoms with Crippen molar-refractivity contribution in [2.75, 3.05) is 6.54 Å². The van der Waals surface area contributed by atoms with Gasteiger partial charge in [-0.1, -0.05) is 54.6 Å². The number of unbranched alkanes of at least 4 members (excludes halogenated alkanes) is 1. The number of hydrogen-bond acceptors (Lipinski definition) is 6. The van der Waals surface area contributed by atoms with Crippen LogP contribution in [0.15, 0.2) is 54.6 Å². The van der Waals surface area contributed by atoms with Crippen LogP contribution in [0.4, 0.5) is 9.59 Å². The summed E-state index contributed by atoms with van der Waals surface area (Å²) in [4.78, 5) is 39.0. The molecule has 3 rings (SSSR count). The zero-order valence-electron chi connectivity index (χ0n) is 21.0. The summed E-state index contributed by atoms with van der Waals surface area (Å²) in [6, 6.07) is 15.8. The maximum absolute atomic E-state index is 13.3. The molecule has 194 valence electrons. The highest BCUT2D eigenvalue weighted by Gasteiger charge is 2.36. The van der Waals surface area contributed by atoms with Crippen molar-refractivity contribution in [1.82, 2.24) is 15.5 Å². The van der Waals surface area contributed by atoms with Gasteiger partial charge >= 0.3 is 12.2 Å². The number of ether oxygens (including phenoxy) is 2. The molecule has 3 N–H and O–H groups in total. The lowest BCUT2D eigenvalue weighted by Crippen LogP contribution is -2.49. The molecule has 0 spiro atoms.